The minimum absolute atomic E-state index is 0.126. The number of rotatable bonds is 9. The van der Waals surface area contributed by atoms with Crippen molar-refractivity contribution in [1.29, 1.82) is 0 Å². The summed E-state index contributed by atoms with van der Waals surface area (Å²) in [6.07, 6.45) is 2.64. The van der Waals surface area contributed by atoms with Crippen molar-refractivity contribution in [1.82, 2.24) is 24.8 Å². The molecule has 7 nitrogen and oxygen atoms in total. The molecule has 1 aliphatic rings. The van der Waals surface area contributed by atoms with E-state index >= 15 is 0 Å². The SMILES string of the molecule is O=C(C(Cc1ccccc1)N(Cc1ccc(-n2ccnn2)cc1)C(=O)C=Cc1ccc(C(F)(F)F)cc1)N1CCc2ccccc2C1. The van der Waals surface area contributed by atoms with Gasteiger partial charge in [-0.25, -0.2) is 4.68 Å². The molecule has 0 bridgehead atoms. The molecule has 238 valence electrons. The highest BCUT2D eigenvalue weighted by Crippen LogP contribution is 2.29. The quantitative estimate of drug-likeness (QED) is 0.173. The maximum atomic E-state index is 14.4. The molecule has 1 aromatic heterocycles. The molecule has 2 heterocycles. The number of hydrogen-bond acceptors (Lipinski definition) is 4. The first-order valence-electron chi connectivity index (χ1n) is 15.3. The lowest BCUT2D eigenvalue weighted by Gasteiger charge is -2.37. The Hall–Kier alpha value is -5.51. The van der Waals surface area contributed by atoms with E-state index in [-0.39, 0.29) is 18.9 Å². The molecule has 6 rings (SSSR count). The minimum atomic E-state index is -4.46. The van der Waals surface area contributed by atoms with Crippen LogP contribution in [0.25, 0.3) is 11.8 Å². The molecular formula is C37H32F3N5O2. The van der Waals surface area contributed by atoms with Crippen LogP contribution in [0.3, 0.4) is 0 Å². The van der Waals surface area contributed by atoms with Crippen molar-refractivity contribution in [3.8, 4) is 5.69 Å². The topological polar surface area (TPSA) is 71.3 Å². The van der Waals surface area contributed by atoms with Gasteiger partial charge in [0.1, 0.15) is 6.04 Å². The lowest BCUT2D eigenvalue weighted by atomic mass is 9.97. The summed E-state index contributed by atoms with van der Waals surface area (Å²) in [5.41, 5.74) is 4.42. The zero-order chi connectivity index (χ0) is 32.8. The van der Waals surface area contributed by atoms with Gasteiger partial charge in [-0.1, -0.05) is 84.1 Å². The number of carbonyl (C=O) groups is 2. The minimum Gasteiger partial charge on any atom is -0.336 e. The van der Waals surface area contributed by atoms with Crippen molar-refractivity contribution in [3.05, 3.63) is 155 Å². The van der Waals surface area contributed by atoms with E-state index < -0.39 is 23.7 Å². The number of benzene rings is 4. The molecule has 0 spiro atoms. The van der Waals surface area contributed by atoms with Crippen LogP contribution in [0.2, 0.25) is 0 Å². The van der Waals surface area contributed by atoms with Gasteiger partial charge in [-0.15, -0.1) is 5.10 Å². The smallest absolute Gasteiger partial charge is 0.336 e. The van der Waals surface area contributed by atoms with E-state index in [0.29, 0.717) is 25.1 Å². The Kier molecular flexibility index (Phi) is 9.28. The predicted molar refractivity (Wildman–Crippen MR) is 172 cm³/mol. The Bertz CT molecular complexity index is 1840. The van der Waals surface area contributed by atoms with Gasteiger partial charge >= 0.3 is 6.18 Å². The summed E-state index contributed by atoms with van der Waals surface area (Å²) >= 11 is 0. The first kappa shape index (κ1) is 31.5. The molecule has 1 atom stereocenters. The Balaban J connectivity index is 1.33. The molecule has 1 unspecified atom stereocenters. The number of amides is 2. The highest BCUT2D eigenvalue weighted by Gasteiger charge is 2.34. The first-order chi connectivity index (χ1) is 22.7. The Morgan fingerprint density at radius 3 is 2.23 bits per heavy atom. The fraction of sp³-hybridized carbons (Fsp3) is 0.189. The summed E-state index contributed by atoms with van der Waals surface area (Å²) in [4.78, 5) is 31.9. The molecule has 0 N–H and O–H groups in total. The number of carbonyl (C=O) groups excluding carboxylic acids is 2. The highest BCUT2D eigenvalue weighted by atomic mass is 19.4. The molecule has 10 heteroatoms. The zero-order valence-electron chi connectivity index (χ0n) is 25.4. The summed E-state index contributed by atoms with van der Waals surface area (Å²) in [6.45, 7) is 1.09. The molecule has 0 fully saturated rings. The summed E-state index contributed by atoms with van der Waals surface area (Å²) in [7, 11) is 0. The maximum absolute atomic E-state index is 14.4. The summed E-state index contributed by atoms with van der Waals surface area (Å²) in [6, 6.07) is 28.8. The average molecular weight is 636 g/mol. The van der Waals surface area contributed by atoms with Crippen LogP contribution in [-0.4, -0.2) is 49.2 Å². The second kappa shape index (κ2) is 13.9. The van der Waals surface area contributed by atoms with Crippen molar-refractivity contribution >= 4 is 17.9 Å². The van der Waals surface area contributed by atoms with Gasteiger partial charge in [0, 0.05) is 32.1 Å². The van der Waals surface area contributed by atoms with Crippen molar-refractivity contribution in [3.63, 3.8) is 0 Å². The third-order valence-electron chi connectivity index (χ3n) is 8.29. The first-order valence-corrected chi connectivity index (χ1v) is 15.3. The Morgan fingerprint density at radius 2 is 1.55 bits per heavy atom. The fourth-order valence-corrected chi connectivity index (χ4v) is 5.75. The molecule has 47 heavy (non-hydrogen) atoms. The van der Waals surface area contributed by atoms with E-state index in [1.54, 1.807) is 22.0 Å². The van der Waals surface area contributed by atoms with Crippen LogP contribution in [0, 0.1) is 0 Å². The van der Waals surface area contributed by atoms with Gasteiger partial charge in [-0.3, -0.25) is 9.59 Å². The van der Waals surface area contributed by atoms with E-state index in [1.165, 1.54) is 29.8 Å². The molecule has 0 aliphatic carbocycles. The van der Waals surface area contributed by atoms with Crippen LogP contribution < -0.4 is 0 Å². The second-order valence-corrected chi connectivity index (χ2v) is 11.4. The van der Waals surface area contributed by atoms with Crippen molar-refractivity contribution in [2.24, 2.45) is 0 Å². The van der Waals surface area contributed by atoms with Crippen molar-refractivity contribution < 1.29 is 22.8 Å². The third kappa shape index (κ3) is 7.66. The number of aromatic nitrogens is 3. The van der Waals surface area contributed by atoms with Crippen LogP contribution in [0.5, 0.6) is 0 Å². The van der Waals surface area contributed by atoms with Gasteiger partial charge in [-0.2, -0.15) is 13.2 Å². The molecule has 0 saturated carbocycles. The number of halogens is 3. The fourth-order valence-electron chi connectivity index (χ4n) is 5.75. The summed E-state index contributed by atoms with van der Waals surface area (Å²) < 4.78 is 40.9. The summed E-state index contributed by atoms with van der Waals surface area (Å²) in [5, 5.41) is 7.87. The molecule has 4 aromatic carbocycles. The van der Waals surface area contributed by atoms with Crippen molar-refractivity contribution in [2.75, 3.05) is 6.54 Å². The maximum Gasteiger partial charge on any atom is 0.416 e. The van der Waals surface area contributed by atoms with Gasteiger partial charge in [-0.05, 0) is 64.6 Å². The summed E-state index contributed by atoms with van der Waals surface area (Å²) in [5.74, 6) is -0.601. The number of nitrogens with zero attached hydrogens (tertiary/aromatic N) is 5. The van der Waals surface area contributed by atoms with Gasteiger partial charge in [0.15, 0.2) is 0 Å². The zero-order valence-corrected chi connectivity index (χ0v) is 25.4. The molecular weight excluding hydrogens is 603 g/mol. The highest BCUT2D eigenvalue weighted by molar-refractivity contribution is 5.96. The van der Waals surface area contributed by atoms with Gasteiger partial charge in [0.2, 0.25) is 11.8 Å². The predicted octanol–water partition coefficient (Wildman–Crippen LogP) is 6.52. The van der Waals surface area contributed by atoms with Crippen LogP contribution in [0.4, 0.5) is 13.2 Å². The molecule has 1 aliphatic heterocycles. The number of alkyl halides is 3. The van der Waals surface area contributed by atoms with E-state index in [4.69, 9.17) is 0 Å². The average Bonchev–Trinajstić information content (AvgIpc) is 3.64. The second-order valence-electron chi connectivity index (χ2n) is 11.4. The molecule has 2 amide bonds. The number of fused-ring (bicyclic) bond motifs is 1. The van der Waals surface area contributed by atoms with Crippen LogP contribution in [0.15, 0.2) is 122 Å². The monoisotopic (exact) mass is 635 g/mol. The van der Waals surface area contributed by atoms with E-state index in [0.717, 1.165) is 34.5 Å². The number of hydrogen-bond donors (Lipinski definition) is 0. The van der Waals surface area contributed by atoms with Gasteiger partial charge in [0.05, 0.1) is 23.6 Å². The van der Waals surface area contributed by atoms with E-state index in [1.807, 2.05) is 77.7 Å². The van der Waals surface area contributed by atoms with E-state index in [2.05, 4.69) is 16.4 Å². The normalized spacial score (nSPS) is 13.7. The molecule has 0 radical (unpaired) electrons. The molecule has 0 saturated heterocycles. The van der Waals surface area contributed by atoms with Gasteiger partial charge < -0.3 is 9.80 Å². The molecule has 5 aromatic rings. The Labute approximate surface area is 270 Å². The van der Waals surface area contributed by atoms with Gasteiger partial charge in [0.25, 0.3) is 0 Å². The van der Waals surface area contributed by atoms with Crippen LogP contribution in [0.1, 0.15) is 33.4 Å². The third-order valence-corrected chi connectivity index (χ3v) is 8.29. The lowest BCUT2D eigenvalue weighted by Crippen LogP contribution is -2.52. The Morgan fingerprint density at radius 1 is 0.851 bits per heavy atom. The van der Waals surface area contributed by atoms with Crippen LogP contribution >= 0.6 is 0 Å². The lowest BCUT2D eigenvalue weighted by molar-refractivity contribution is -0.144. The van der Waals surface area contributed by atoms with E-state index in [9.17, 15) is 22.8 Å². The largest absolute Gasteiger partial charge is 0.416 e. The van der Waals surface area contributed by atoms with Crippen LogP contribution in [-0.2, 0) is 41.7 Å². The standard InChI is InChI=1S/C37H32F3N5O2/c38-37(39,40)32-15-10-27(11-16-32)14-19-35(46)44(25-29-12-17-33(18-13-29)45-23-21-41-42-45)34(24-28-6-2-1-3-7-28)36(47)43-22-20-30-8-4-5-9-31(30)26-43/h1-19,21,23,34H,20,22,24-26H2. The van der Waals surface area contributed by atoms with Crippen molar-refractivity contribution in [2.45, 2.75) is 38.1 Å².